The van der Waals surface area contributed by atoms with E-state index in [1.807, 2.05) is 0 Å². The lowest BCUT2D eigenvalue weighted by Gasteiger charge is -2.43. The number of nitrogens with zero attached hydrogens (tertiary/aromatic N) is 2. The fraction of sp³-hybridized carbons (Fsp3) is 0.111. The summed E-state index contributed by atoms with van der Waals surface area (Å²) in [5.41, 5.74) is 23.4. The van der Waals surface area contributed by atoms with Gasteiger partial charge in [-0.15, -0.1) is 0 Å². The van der Waals surface area contributed by atoms with Gasteiger partial charge in [-0.1, -0.05) is 192 Å². The summed E-state index contributed by atoms with van der Waals surface area (Å²) in [5.74, 6) is 1.98. The first kappa shape index (κ1) is 44.8. The Hall–Kier alpha value is -8.92. The van der Waals surface area contributed by atoms with Crippen molar-refractivity contribution in [1.82, 2.24) is 4.57 Å². The first-order valence-corrected chi connectivity index (χ1v) is 26.5. The van der Waals surface area contributed by atoms with Crippen LogP contribution < -0.4 is 9.64 Å². The molecule has 1 atom stereocenters. The van der Waals surface area contributed by atoms with E-state index in [4.69, 9.17) is 4.74 Å². The van der Waals surface area contributed by atoms with Gasteiger partial charge >= 0.3 is 0 Å². The minimum atomic E-state index is -0.740. The second kappa shape index (κ2) is 17.1. The van der Waals surface area contributed by atoms with Crippen molar-refractivity contribution in [3.63, 3.8) is 0 Å². The van der Waals surface area contributed by atoms with Crippen molar-refractivity contribution in [3.05, 3.63) is 287 Å². The number of para-hydroxylation sites is 3. The number of benzene rings is 10. The Balaban J connectivity index is 0.986. The smallest absolute Gasteiger partial charge is 0.132 e. The Morgan fingerprint density at radius 3 is 1.76 bits per heavy atom. The Morgan fingerprint density at radius 2 is 1.00 bits per heavy atom. The largest absolute Gasteiger partial charge is 0.457 e. The fourth-order valence-corrected chi connectivity index (χ4v) is 13.3. The van der Waals surface area contributed by atoms with Gasteiger partial charge in [0, 0.05) is 50.1 Å². The zero-order chi connectivity index (χ0) is 50.6. The third-order valence-electron chi connectivity index (χ3n) is 16.6. The van der Waals surface area contributed by atoms with Gasteiger partial charge in [0.1, 0.15) is 11.5 Å². The number of hydrogen-bond donors (Lipinski definition) is 0. The van der Waals surface area contributed by atoms with E-state index in [-0.39, 0.29) is 11.3 Å². The van der Waals surface area contributed by atoms with Gasteiger partial charge in [0.2, 0.25) is 0 Å². The van der Waals surface area contributed by atoms with E-state index in [0.29, 0.717) is 0 Å². The van der Waals surface area contributed by atoms with E-state index >= 15 is 0 Å². The van der Waals surface area contributed by atoms with Crippen LogP contribution in [-0.4, -0.2) is 4.57 Å². The molecule has 0 radical (unpaired) electrons. The third kappa shape index (κ3) is 6.60. The topological polar surface area (TPSA) is 17.4 Å². The molecular formula is C72H56N2O. The van der Waals surface area contributed by atoms with E-state index in [1.165, 1.54) is 83.0 Å². The Morgan fingerprint density at radius 1 is 0.440 bits per heavy atom. The van der Waals surface area contributed by atoms with Crippen molar-refractivity contribution in [3.8, 4) is 39.4 Å². The van der Waals surface area contributed by atoms with Gasteiger partial charge in [0.15, 0.2) is 0 Å². The molecule has 11 aromatic rings. The Bertz CT molecular complexity index is 4170. The van der Waals surface area contributed by atoms with E-state index in [9.17, 15) is 0 Å². The lowest BCUT2D eigenvalue weighted by atomic mass is 9.62. The summed E-state index contributed by atoms with van der Waals surface area (Å²) in [5, 5.41) is 2.48. The molecule has 1 unspecified atom stereocenters. The molecule has 360 valence electrons. The number of hydrogen-bond acceptors (Lipinski definition) is 2. The van der Waals surface area contributed by atoms with Crippen molar-refractivity contribution in [2.24, 2.45) is 5.92 Å². The van der Waals surface area contributed by atoms with Crippen LogP contribution in [0.3, 0.4) is 0 Å². The highest BCUT2D eigenvalue weighted by molar-refractivity contribution is 6.10. The maximum Gasteiger partial charge on any atom is 0.132 e. The molecule has 0 amide bonds. The third-order valence-corrected chi connectivity index (χ3v) is 16.6. The van der Waals surface area contributed by atoms with Crippen LogP contribution in [0.1, 0.15) is 79.1 Å². The van der Waals surface area contributed by atoms with Gasteiger partial charge in [-0.2, -0.15) is 0 Å². The number of aromatic nitrogens is 1. The summed E-state index contributed by atoms with van der Waals surface area (Å²) in [7, 11) is 0. The van der Waals surface area contributed by atoms with Gasteiger partial charge in [-0.3, -0.25) is 0 Å². The summed E-state index contributed by atoms with van der Waals surface area (Å²) < 4.78 is 9.48. The molecule has 0 saturated heterocycles. The molecule has 10 aromatic carbocycles. The quantitative estimate of drug-likeness (QED) is 0.158. The van der Waals surface area contributed by atoms with E-state index in [1.54, 1.807) is 0 Å². The van der Waals surface area contributed by atoms with Crippen LogP contribution in [0, 0.1) is 5.92 Å². The van der Waals surface area contributed by atoms with Crippen LogP contribution in [0.2, 0.25) is 0 Å². The molecule has 0 bridgehead atoms. The molecular weight excluding hydrogens is 909 g/mol. The standard InChI is InChI=1S/C72H56N2O/c1-6-20-57-54-24-11-15-28-61(54)72(62-29-16-12-26-58(62)70(57)46(2)3)63-30-17-19-32-68(63)75-69-42-39-52(45-65(69)72)73(51-38-40-55-53-23-10-14-27-60(53)71(4,5)64(55)44-51)50-36-33-47(34-37-50)48-35-41-67-59(43-48)56-25-13-18-31-66(56)74(67)49-21-8-7-9-22-49/h6-46H,1-5H3/b20-6-. The molecule has 0 fully saturated rings. The summed E-state index contributed by atoms with van der Waals surface area (Å²) in [6, 6.07) is 85.5. The average molecular weight is 965 g/mol. The monoisotopic (exact) mass is 964 g/mol. The van der Waals surface area contributed by atoms with Gasteiger partial charge in [0.25, 0.3) is 0 Å². The van der Waals surface area contributed by atoms with Crippen molar-refractivity contribution in [1.29, 1.82) is 0 Å². The van der Waals surface area contributed by atoms with E-state index < -0.39 is 5.41 Å². The second-order valence-electron chi connectivity index (χ2n) is 21.3. The minimum absolute atomic E-state index is 0.184. The molecule has 0 saturated carbocycles. The Kier molecular flexibility index (Phi) is 10.2. The zero-order valence-corrected chi connectivity index (χ0v) is 43.0. The number of rotatable bonds is 7. The summed E-state index contributed by atoms with van der Waals surface area (Å²) >= 11 is 0. The normalized spacial score (nSPS) is 15.8. The van der Waals surface area contributed by atoms with E-state index in [0.717, 1.165) is 50.9 Å². The molecule has 3 heteroatoms. The fourth-order valence-electron chi connectivity index (χ4n) is 13.3. The number of anilines is 3. The number of allylic oxidation sites excluding steroid dienone is 4. The first-order valence-electron chi connectivity index (χ1n) is 26.5. The molecule has 14 rings (SSSR count). The maximum absolute atomic E-state index is 7.10. The van der Waals surface area contributed by atoms with Crippen molar-refractivity contribution >= 4 is 50.0 Å². The molecule has 1 spiro atoms. The molecule has 3 nitrogen and oxygen atoms in total. The van der Waals surface area contributed by atoms with Gasteiger partial charge in [0.05, 0.1) is 16.4 Å². The predicted octanol–water partition coefficient (Wildman–Crippen LogP) is 19.2. The maximum atomic E-state index is 7.10. The van der Waals surface area contributed by atoms with Crippen LogP contribution in [0.5, 0.6) is 11.5 Å². The highest BCUT2D eigenvalue weighted by Gasteiger charge is 2.50. The Labute approximate surface area is 440 Å². The SMILES string of the molecule is C/C=C\C1=C(C(C)C)c2ccccc2C2(c3ccccc3Oc3ccc(N(c4ccc(-c5ccc6c(c5)c5ccccc5n6-c5ccccc5)cc4)c4ccc5c(c4)C(C)(C)c4ccccc4-5)cc32)c2ccccc21. The highest BCUT2D eigenvalue weighted by atomic mass is 16.5. The number of fused-ring (bicyclic) bond motifs is 14. The number of ether oxygens (including phenoxy) is 1. The average Bonchev–Trinajstić information content (AvgIpc) is 3.92. The van der Waals surface area contributed by atoms with Gasteiger partial charge < -0.3 is 14.2 Å². The molecule has 2 aliphatic carbocycles. The van der Waals surface area contributed by atoms with E-state index in [2.05, 4.69) is 287 Å². The van der Waals surface area contributed by atoms with Gasteiger partial charge in [-0.05, 0) is 158 Å². The minimum Gasteiger partial charge on any atom is -0.457 e. The molecule has 3 aliphatic rings. The van der Waals surface area contributed by atoms with Crippen LogP contribution in [-0.2, 0) is 10.8 Å². The highest BCUT2D eigenvalue weighted by Crippen LogP contribution is 2.61. The molecule has 1 aromatic heterocycles. The second-order valence-corrected chi connectivity index (χ2v) is 21.3. The van der Waals surface area contributed by atoms with Crippen LogP contribution in [0.15, 0.2) is 243 Å². The van der Waals surface area contributed by atoms with Gasteiger partial charge in [-0.25, -0.2) is 0 Å². The van der Waals surface area contributed by atoms with Crippen molar-refractivity contribution < 1.29 is 4.74 Å². The zero-order valence-electron chi connectivity index (χ0n) is 43.0. The lowest BCUT2D eigenvalue weighted by Crippen LogP contribution is -2.35. The predicted molar refractivity (Wildman–Crippen MR) is 313 cm³/mol. The lowest BCUT2D eigenvalue weighted by molar-refractivity contribution is 0.434. The van der Waals surface area contributed by atoms with Crippen LogP contribution in [0.4, 0.5) is 17.1 Å². The molecule has 75 heavy (non-hydrogen) atoms. The first-order chi connectivity index (χ1) is 36.7. The summed E-state index contributed by atoms with van der Waals surface area (Å²) in [6.45, 7) is 11.5. The van der Waals surface area contributed by atoms with Crippen molar-refractivity contribution in [2.45, 2.75) is 45.4 Å². The molecule has 1 aliphatic heterocycles. The summed E-state index contributed by atoms with van der Waals surface area (Å²) in [4.78, 5) is 2.46. The van der Waals surface area contributed by atoms with Crippen molar-refractivity contribution in [2.75, 3.05) is 4.90 Å². The molecule has 2 heterocycles. The molecule has 0 N–H and O–H groups in total. The summed E-state index contributed by atoms with van der Waals surface area (Å²) in [6.07, 6.45) is 4.52. The van der Waals surface area contributed by atoms with Crippen LogP contribution >= 0.6 is 0 Å². The van der Waals surface area contributed by atoms with Crippen LogP contribution in [0.25, 0.3) is 60.9 Å².